The number of ketones is 1. The Labute approximate surface area is 105 Å². The summed E-state index contributed by atoms with van der Waals surface area (Å²) in [5, 5.41) is 5.15. The third kappa shape index (κ3) is 1.64. The second-order valence-corrected chi connectivity index (χ2v) is 4.77. The molecular formula is C12H15N5O. The highest BCUT2D eigenvalue weighted by atomic mass is 16.1. The third-order valence-electron chi connectivity index (χ3n) is 3.48. The molecule has 0 aliphatic carbocycles. The summed E-state index contributed by atoms with van der Waals surface area (Å²) in [6.45, 7) is 3.42. The number of rotatable bonds is 1. The van der Waals surface area contributed by atoms with Gasteiger partial charge in [-0.3, -0.25) is 9.48 Å². The monoisotopic (exact) mass is 245 g/mol. The number of Topliss-reactive ketones (excluding diaryl/α,β-unsaturated/α-hetero) is 1. The van der Waals surface area contributed by atoms with E-state index in [0.717, 1.165) is 29.9 Å². The fourth-order valence-corrected chi connectivity index (χ4v) is 2.41. The van der Waals surface area contributed by atoms with Crippen LogP contribution in [-0.4, -0.2) is 38.6 Å². The Morgan fingerprint density at radius 2 is 2.22 bits per heavy atom. The number of carbonyl (C=O) groups is 1. The molecule has 94 valence electrons. The first kappa shape index (κ1) is 11.1. The number of aromatic nitrogens is 4. The van der Waals surface area contributed by atoms with Crippen molar-refractivity contribution in [2.24, 2.45) is 13.0 Å². The van der Waals surface area contributed by atoms with Gasteiger partial charge in [0.05, 0.1) is 11.6 Å². The summed E-state index contributed by atoms with van der Waals surface area (Å²) in [5.74, 6) is 1.29. The molecule has 18 heavy (non-hydrogen) atoms. The van der Waals surface area contributed by atoms with Gasteiger partial charge in [0, 0.05) is 32.5 Å². The molecule has 1 aliphatic rings. The maximum absolute atomic E-state index is 11.6. The smallest absolute Gasteiger partial charge is 0.163 e. The molecule has 2 aromatic rings. The summed E-state index contributed by atoms with van der Waals surface area (Å²) in [6.07, 6.45) is 3.93. The number of piperidine rings is 1. The van der Waals surface area contributed by atoms with Crippen molar-refractivity contribution >= 4 is 22.6 Å². The van der Waals surface area contributed by atoms with Gasteiger partial charge in [0.25, 0.3) is 0 Å². The minimum absolute atomic E-state index is 0.0698. The zero-order chi connectivity index (χ0) is 12.7. The van der Waals surface area contributed by atoms with Gasteiger partial charge in [0.1, 0.15) is 17.9 Å². The van der Waals surface area contributed by atoms with E-state index in [1.165, 1.54) is 0 Å². The maximum atomic E-state index is 11.6. The van der Waals surface area contributed by atoms with Crippen molar-refractivity contribution in [2.45, 2.75) is 13.3 Å². The fourth-order valence-electron chi connectivity index (χ4n) is 2.41. The number of nitrogens with zero attached hydrogens (tertiary/aromatic N) is 5. The molecule has 0 N–H and O–H groups in total. The zero-order valence-corrected chi connectivity index (χ0v) is 10.5. The highest BCUT2D eigenvalue weighted by Gasteiger charge is 2.25. The lowest BCUT2D eigenvalue weighted by Gasteiger charge is -2.31. The number of fused-ring (bicyclic) bond motifs is 1. The average molecular weight is 245 g/mol. The Morgan fingerprint density at radius 1 is 1.39 bits per heavy atom. The van der Waals surface area contributed by atoms with Gasteiger partial charge in [0.15, 0.2) is 5.65 Å². The predicted molar refractivity (Wildman–Crippen MR) is 67.3 cm³/mol. The van der Waals surface area contributed by atoms with Gasteiger partial charge in [-0.15, -0.1) is 0 Å². The molecule has 2 aromatic heterocycles. The molecule has 1 unspecified atom stereocenters. The summed E-state index contributed by atoms with van der Waals surface area (Å²) in [4.78, 5) is 22.3. The number of aryl methyl sites for hydroxylation is 1. The summed E-state index contributed by atoms with van der Waals surface area (Å²) < 4.78 is 1.74. The van der Waals surface area contributed by atoms with Crippen LogP contribution in [0, 0.1) is 5.92 Å². The first-order valence-electron chi connectivity index (χ1n) is 6.07. The molecule has 0 saturated carbocycles. The van der Waals surface area contributed by atoms with Crippen molar-refractivity contribution in [1.82, 2.24) is 19.7 Å². The predicted octanol–water partition coefficient (Wildman–Crippen LogP) is 0.779. The van der Waals surface area contributed by atoms with Gasteiger partial charge in [-0.25, -0.2) is 9.97 Å². The molecule has 6 nitrogen and oxygen atoms in total. The van der Waals surface area contributed by atoms with Crippen LogP contribution < -0.4 is 4.90 Å². The van der Waals surface area contributed by atoms with Crippen molar-refractivity contribution in [3.8, 4) is 0 Å². The van der Waals surface area contributed by atoms with Crippen LogP contribution in [0.5, 0.6) is 0 Å². The molecular weight excluding hydrogens is 230 g/mol. The Balaban J connectivity index is 2.02. The first-order valence-corrected chi connectivity index (χ1v) is 6.07. The molecule has 0 spiro atoms. The van der Waals surface area contributed by atoms with E-state index in [4.69, 9.17) is 0 Å². The fraction of sp³-hybridized carbons (Fsp3) is 0.500. The van der Waals surface area contributed by atoms with E-state index in [1.807, 2.05) is 14.0 Å². The summed E-state index contributed by atoms with van der Waals surface area (Å²) >= 11 is 0. The molecule has 0 aromatic carbocycles. The standard InChI is InChI=1S/C12H15N5O/c1-8-6-17(4-3-10(8)18)12-9-5-15-16(2)11(9)13-7-14-12/h5,7-8H,3-4,6H2,1-2H3. The van der Waals surface area contributed by atoms with E-state index in [-0.39, 0.29) is 5.92 Å². The van der Waals surface area contributed by atoms with Crippen LogP contribution in [0.4, 0.5) is 5.82 Å². The van der Waals surface area contributed by atoms with E-state index in [1.54, 1.807) is 17.2 Å². The maximum Gasteiger partial charge on any atom is 0.163 e. The van der Waals surface area contributed by atoms with Gasteiger partial charge in [-0.05, 0) is 0 Å². The molecule has 1 aliphatic heterocycles. The third-order valence-corrected chi connectivity index (χ3v) is 3.48. The van der Waals surface area contributed by atoms with Crippen molar-refractivity contribution in [2.75, 3.05) is 18.0 Å². The highest BCUT2D eigenvalue weighted by molar-refractivity contribution is 5.89. The van der Waals surface area contributed by atoms with Crippen molar-refractivity contribution < 1.29 is 4.79 Å². The molecule has 1 saturated heterocycles. The summed E-state index contributed by atoms with van der Waals surface area (Å²) in [6, 6.07) is 0. The van der Waals surface area contributed by atoms with Gasteiger partial charge in [-0.2, -0.15) is 5.10 Å². The van der Waals surface area contributed by atoms with E-state index >= 15 is 0 Å². The van der Waals surface area contributed by atoms with Crippen LogP contribution in [-0.2, 0) is 11.8 Å². The van der Waals surface area contributed by atoms with E-state index in [9.17, 15) is 4.79 Å². The van der Waals surface area contributed by atoms with Gasteiger partial charge >= 0.3 is 0 Å². The average Bonchev–Trinajstić information content (AvgIpc) is 2.75. The number of carbonyl (C=O) groups excluding carboxylic acids is 1. The highest BCUT2D eigenvalue weighted by Crippen LogP contribution is 2.25. The van der Waals surface area contributed by atoms with Crippen molar-refractivity contribution in [3.05, 3.63) is 12.5 Å². The van der Waals surface area contributed by atoms with Crippen LogP contribution in [0.25, 0.3) is 11.0 Å². The van der Waals surface area contributed by atoms with Crippen LogP contribution in [0.3, 0.4) is 0 Å². The van der Waals surface area contributed by atoms with Gasteiger partial charge in [0.2, 0.25) is 0 Å². The lowest BCUT2D eigenvalue weighted by molar-refractivity contribution is -0.122. The Bertz CT molecular complexity index is 606. The quantitative estimate of drug-likeness (QED) is 0.743. The van der Waals surface area contributed by atoms with Crippen molar-refractivity contribution in [3.63, 3.8) is 0 Å². The number of hydrogen-bond donors (Lipinski definition) is 0. The van der Waals surface area contributed by atoms with E-state index in [0.29, 0.717) is 12.2 Å². The van der Waals surface area contributed by atoms with E-state index < -0.39 is 0 Å². The lowest BCUT2D eigenvalue weighted by atomic mass is 9.98. The summed E-state index contributed by atoms with van der Waals surface area (Å²) in [7, 11) is 1.86. The minimum Gasteiger partial charge on any atom is -0.355 e. The number of hydrogen-bond acceptors (Lipinski definition) is 5. The molecule has 3 heterocycles. The molecule has 0 radical (unpaired) electrons. The van der Waals surface area contributed by atoms with Crippen LogP contribution in [0.1, 0.15) is 13.3 Å². The first-order chi connectivity index (χ1) is 8.66. The van der Waals surface area contributed by atoms with Crippen molar-refractivity contribution in [1.29, 1.82) is 0 Å². The van der Waals surface area contributed by atoms with Crippen LogP contribution in [0.2, 0.25) is 0 Å². The Hall–Kier alpha value is -1.98. The topological polar surface area (TPSA) is 63.9 Å². The summed E-state index contributed by atoms with van der Waals surface area (Å²) in [5.41, 5.74) is 0.824. The molecule has 1 atom stereocenters. The molecule has 0 bridgehead atoms. The van der Waals surface area contributed by atoms with Crippen LogP contribution in [0.15, 0.2) is 12.5 Å². The van der Waals surface area contributed by atoms with E-state index in [2.05, 4.69) is 20.0 Å². The number of anilines is 1. The second-order valence-electron chi connectivity index (χ2n) is 4.77. The molecule has 3 rings (SSSR count). The van der Waals surface area contributed by atoms with Gasteiger partial charge < -0.3 is 4.90 Å². The minimum atomic E-state index is 0.0698. The SMILES string of the molecule is CC1CN(c2ncnc3c2cnn3C)CCC1=O. The largest absolute Gasteiger partial charge is 0.355 e. The zero-order valence-electron chi connectivity index (χ0n) is 10.5. The Morgan fingerprint density at radius 3 is 3.00 bits per heavy atom. The normalized spacial score (nSPS) is 20.7. The Kier molecular flexibility index (Phi) is 2.50. The van der Waals surface area contributed by atoms with Crippen LogP contribution >= 0.6 is 0 Å². The lowest BCUT2D eigenvalue weighted by Crippen LogP contribution is -2.40. The van der Waals surface area contributed by atoms with Gasteiger partial charge in [-0.1, -0.05) is 6.92 Å². The second kappa shape index (κ2) is 4.04. The molecule has 1 fully saturated rings. The molecule has 6 heteroatoms. The molecule has 0 amide bonds.